The number of rotatable bonds is 8. The first kappa shape index (κ1) is 36.8. The largest absolute Gasteiger partial charge is 1.00 e. The van der Waals surface area contributed by atoms with Crippen LogP contribution in [0, 0.1) is 20.2 Å². The van der Waals surface area contributed by atoms with Gasteiger partial charge in [0.1, 0.15) is 0 Å². The molecule has 0 aromatic heterocycles. The summed E-state index contributed by atoms with van der Waals surface area (Å²) in [4.78, 5) is 50.5. The van der Waals surface area contributed by atoms with E-state index in [2.05, 4.69) is 31.7 Å². The van der Waals surface area contributed by atoms with Gasteiger partial charge in [0.05, 0.1) is 9.85 Å². The van der Waals surface area contributed by atoms with E-state index in [1.807, 2.05) is 13.8 Å². The van der Waals surface area contributed by atoms with Gasteiger partial charge in [-0.05, 0) is 36.3 Å². The number of nitrogens with zero attached hydrogens (tertiary/aromatic N) is 4. The summed E-state index contributed by atoms with van der Waals surface area (Å²) >= 11 is 9.64. The molecule has 0 aromatic rings. The molecule has 0 saturated carbocycles. The van der Waals surface area contributed by atoms with Gasteiger partial charge < -0.3 is 47.0 Å². The molecule has 0 atom stereocenters. The van der Waals surface area contributed by atoms with Crippen LogP contribution in [0.25, 0.3) is 0 Å². The molecule has 18 heteroatoms. The van der Waals surface area contributed by atoms with Crippen molar-refractivity contribution in [2.75, 3.05) is 13.1 Å². The van der Waals surface area contributed by atoms with Gasteiger partial charge in [0.15, 0.2) is 11.6 Å². The van der Waals surface area contributed by atoms with Crippen LogP contribution in [-0.4, -0.2) is 44.8 Å². The van der Waals surface area contributed by atoms with Gasteiger partial charge in [0, 0.05) is 60.9 Å². The van der Waals surface area contributed by atoms with Crippen molar-refractivity contribution in [1.29, 1.82) is 0 Å². The average molecular weight is 662 g/mol. The Bertz CT molecular complexity index is 1060. The summed E-state index contributed by atoms with van der Waals surface area (Å²) in [6.07, 6.45) is 9.54. The van der Waals surface area contributed by atoms with Gasteiger partial charge in [-0.15, -0.1) is 0 Å². The second kappa shape index (κ2) is 19.7. The molecule has 2 aliphatic carbocycles. The smallest absolute Gasteiger partial charge is 0.741 e. The van der Waals surface area contributed by atoms with Gasteiger partial charge in [0.25, 0.3) is 11.4 Å². The van der Waals surface area contributed by atoms with Gasteiger partial charge in [-0.25, -0.2) is 0 Å². The number of hydrazine groups is 2. The molecule has 0 spiro atoms. The van der Waals surface area contributed by atoms with Crippen LogP contribution in [0.5, 0.6) is 0 Å². The zero-order chi connectivity index (χ0) is 27.1. The molecule has 38 heavy (non-hydrogen) atoms. The number of hydrogen-bond acceptors (Lipinski definition) is 12. The molecule has 0 aliphatic heterocycles. The Morgan fingerprint density at radius 1 is 0.789 bits per heavy atom. The Hall–Kier alpha value is -3.40. The van der Waals surface area contributed by atoms with Crippen LogP contribution in [0.2, 0.25) is 0 Å². The van der Waals surface area contributed by atoms with Crippen molar-refractivity contribution in [3.05, 3.63) is 91.6 Å². The van der Waals surface area contributed by atoms with Crippen molar-refractivity contribution in [2.45, 2.75) is 13.8 Å². The summed E-state index contributed by atoms with van der Waals surface area (Å²) in [6, 6.07) is 0. The average Bonchev–Trinajstić information content (AvgIpc) is 2.82. The predicted octanol–water partition coefficient (Wildman–Crippen LogP) is 0.369. The van der Waals surface area contributed by atoms with Gasteiger partial charge in [-0.2, -0.15) is 0 Å². The van der Waals surface area contributed by atoms with Crippen molar-refractivity contribution < 1.29 is 53.6 Å². The minimum atomic E-state index is -0.568. The fourth-order valence-corrected chi connectivity index (χ4v) is 2.62. The van der Waals surface area contributed by atoms with Crippen molar-refractivity contribution in [2.24, 2.45) is 9.98 Å². The number of amidine groups is 2. The molecule has 0 radical (unpaired) electrons. The molecular formula is C20H22Cu2N8O6S2. The molecule has 0 heterocycles. The van der Waals surface area contributed by atoms with E-state index in [0.29, 0.717) is 13.1 Å². The topological polar surface area (TPSA) is 193 Å². The first-order valence-corrected chi connectivity index (χ1v) is 10.9. The zero-order valence-electron chi connectivity index (χ0n) is 19.7. The Morgan fingerprint density at radius 3 is 1.42 bits per heavy atom. The Morgan fingerprint density at radius 2 is 1.13 bits per heavy atom. The van der Waals surface area contributed by atoms with E-state index in [0.717, 1.165) is 24.3 Å². The predicted molar refractivity (Wildman–Crippen MR) is 138 cm³/mol. The minimum Gasteiger partial charge on any atom is -0.741 e. The fourth-order valence-electron chi connectivity index (χ4n) is 2.24. The molecule has 0 fully saturated rings. The molecule has 2 rings (SSSR count). The quantitative estimate of drug-likeness (QED) is 0.0532. The number of carbonyl (C=O) groups excluding carboxylic acids is 2. The molecule has 2 aliphatic rings. The molecule has 0 unspecified atom stereocenters. The number of nitrogens with one attached hydrogen (secondary N) is 4. The van der Waals surface area contributed by atoms with Crippen LogP contribution in [0.1, 0.15) is 13.8 Å². The Labute approximate surface area is 250 Å². The molecule has 0 amide bonds. The maximum absolute atomic E-state index is 11.4. The molecule has 4 N–H and O–H groups in total. The second-order valence-corrected chi connectivity index (χ2v) is 7.12. The van der Waals surface area contributed by atoms with E-state index in [1.54, 1.807) is 0 Å². The standard InChI is InChI=1S/2C10H12N4O3S.2Cu/c2*1-2-11-10(18)13-12-6-7-5-8(14(16)17)3-4-9(7)15;;/h2*3-6,12H,2H2,1H3,(H2,11,13,18);;/q;;2*+1/p-2/b2*7-6-;;. The normalized spacial score (nSPS) is 16.7. The third-order valence-corrected chi connectivity index (χ3v) is 4.29. The van der Waals surface area contributed by atoms with E-state index in [-0.39, 0.29) is 78.6 Å². The molecule has 0 bridgehead atoms. The van der Waals surface area contributed by atoms with E-state index >= 15 is 0 Å². The van der Waals surface area contributed by atoms with E-state index < -0.39 is 9.85 Å². The van der Waals surface area contributed by atoms with Gasteiger partial charge in [-0.1, -0.05) is 0 Å². The molecular weight excluding hydrogens is 639 g/mol. The third kappa shape index (κ3) is 13.8. The van der Waals surface area contributed by atoms with Crippen LogP contribution < -0.4 is 21.7 Å². The molecule has 0 aromatic carbocycles. The van der Waals surface area contributed by atoms with Crippen molar-refractivity contribution in [1.82, 2.24) is 21.7 Å². The van der Waals surface area contributed by atoms with Crippen LogP contribution >= 0.6 is 0 Å². The SMILES string of the molecule is CCN=C([S-])NN/C=C1/C=C([N+](=O)[O-])C=CC1=O.CCN=C([S-])NN/C=C1/C=C([N+](=O)[O-])C=CC1=O.[Cu+].[Cu+]. The summed E-state index contributed by atoms with van der Waals surface area (Å²) in [5, 5.41) is 21.6. The second-order valence-electron chi connectivity index (χ2n) is 6.34. The Balaban J connectivity index is 0. The summed E-state index contributed by atoms with van der Waals surface area (Å²) in [5.74, 6) is -0.651. The van der Waals surface area contributed by atoms with E-state index in [4.69, 9.17) is 25.3 Å². The van der Waals surface area contributed by atoms with Gasteiger partial charge in [0.2, 0.25) is 0 Å². The van der Waals surface area contributed by atoms with Crippen molar-refractivity contribution >= 4 is 47.2 Å². The first-order valence-electron chi connectivity index (χ1n) is 10.1. The molecule has 212 valence electrons. The van der Waals surface area contributed by atoms with Gasteiger partial charge >= 0.3 is 34.1 Å². The number of hydrogen-bond donors (Lipinski definition) is 4. The molecule has 0 saturated heterocycles. The van der Waals surface area contributed by atoms with Crippen LogP contribution in [-0.2, 0) is 69.0 Å². The minimum absolute atomic E-state index is 0. The number of ketones is 2. The summed E-state index contributed by atoms with van der Waals surface area (Å²) in [5.41, 5.74) is 10.3. The van der Waals surface area contributed by atoms with Crippen LogP contribution in [0.4, 0.5) is 0 Å². The number of carbonyl (C=O) groups is 2. The summed E-state index contributed by atoms with van der Waals surface area (Å²) in [7, 11) is 0. The van der Waals surface area contributed by atoms with Crippen LogP contribution in [0.3, 0.4) is 0 Å². The number of aliphatic imine (C=N–C) groups is 2. The van der Waals surface area contributed by atoms with Crippen molar-refractivity contribution in [3.63, 3.8) is 0 Å². The molecule has 14 nitrogen and oxygen atoms in total. The number of nitro groups is 2. The number of allylic oxidation sites excluding steroid dienone is 8. The van der Waals surface area contributed by atoms with Crippen LogP contribution in [0.15, 0.2) is 81.4 Å². The fraction of sp³-hybridized carbons (Fsp3) is 0.200. The van der Waals surface area contributed by atoms with E-state index in [9.17, 15) is 29.8 Å². The summed E-state index contributed by atoms with van der Waals surface area (Å²) in [6.45, 7) is 4.73. The summed E-state index contributed by atoms with van der Waals surface area (Å²) < 4.78 is 0. The van der Waals surface area contributed by atoms with Gasteiger partial charge in [-0.3, -0.25) is 39.8 Å². The zero-order valence-corrected chi connectivity index (χ0v) is 23.2. The third-order valence-electron chi connectivity index (χ3n) is 3.83. The monoisotopic (exact) mass is 660 g/mol. The first-order chi connectivity index (χ1) is 17.1. The van der Waals surface area contributed by atoms with E-state index in [1.165, 1.54) is 24.6 Å². The maximum Gasteiger partial charge on any atom is 1.00 e. The Kier molecular flexibility index (Phi) is 19.0. The maximum atomic E-state index is 11.4. The van der Waals surface area contributed by atoms with Crippen molar-refractivity contribution in [3.8, 4) is 0 Å².